The van der Waals surface area contributed by atoms with Crippen molar-refractivity contribution in [3.8, 4) is 0 Å². The van der Waals surface area contributed by atoms with Crippen molar-refractivity contribution in [1.82, 2.24) is 5.32 Å². The molecule has 0 spiro atoms. The van der Waals surface area contributed by atoms with E-state index in [1.165, 1.54) is 0 Å². The van der Waals surface area contributed by atoms with E-state index in [2.05, 4.69) is 17.1 Å². The minimum absolute atomic E-state index is 0.0434. The Morgan fingerprint density at radius 2 is 2.06 bits per heavy atom. The van der Waals surface area contributed by atoms with Crippen LogP contribution in [0.15, 0.2) is 30.3 Å². The fourth-order valence-electron chi connectivity index (χ4n) is 1.39. The van der Waals surface area contributed by atoms with Gasteiger partial charge in [-0.2, -0.15) is 0 Å². The number of anilines is 1. The van der Waals surface area contributed by atoms with Gasteiger partial charge >= 0.3 is 0 Å². The Morgan fingerprint density at radius 1 is 1.44 bits per heavy atom. The van der Waals surface area contributed by atoms with Crippen LogP contribution < -0.4 is 16.0 Å². The summed E-state index contributed by atoms with van der Waals surface area (Å²) in [5.74, 6) is -0.117. The first-order valence-corrected chi connectivity index (χ1v) is 5.39. The van der Waals surface area contributed by atoms with Crippen LogP contribution in [0.4, 0.5) is 5.69 Å². The van der Waals surface area contributed by atoms with Crippen LogP contribution in [-0.4, -0.2) is 32.1 Å². The van der Waals surface area contributed by atoms with Crippen LogP contribution >= 0.6 is 0 Å². The molecule has 0 aliphatic carbocycles. The molecule has 4 heteroatoms. The first-order valence-electron chi connectivity index (χ1n) is 5.39. The third-order valence-corrected chi connectivity index (χ3v) is 2.60. The van der Waals surface area contributed by atoms with Gasteiger partial charge < -0.3 is 16.0 Å². The highest BCUT2D eigenvalue weighted by Crippen LogP contribution is 2.13. The maximum Gasteiger partial charge on any atom is 0.233 e. The minimum Gasteiger partial charge on any atom is -0.370 e. The first-order chi connectivity index (χ1) is 7.65. The highest BCUT2D eigenvalue weighted by Gasteiger charge is 2.10. The molecule has 0 fully saturated rings. The van der Waals surface area contributed by atoms with E-state index >= 15 is 0 Å². The van der Waals surface area contributed by atoms with Crippen molar-refractivity contribution in [3.63, 3.8) is 0 Å². The fraction of sp³-hybridized carbons (Fsp3) is 0.417. The summed E-state index contributed by atoms with van der Waals surface area (Å²) < 4.78 is 0. The number of carbonyl (C=O) groups excluding carboxylic acids is 1. The first kappa shape index (κ1) is 12.5. The normalized spacial score (nSPS) is 11.9. The lowest BCUT2D eigenvalue weighted by Crippen LogP contribution is -2.42. The zero-order chi connectivity index (χ0) is 12.0. The van der Waals surface area contributed by atoms with E-state index in [4.69, 9.17) is 5.73 Å². The summed E-state index contributed by atoms with van der Waals surface area (Å²) in [5, 5.41) is 2.78. The van der Waals surface area contributed by atoms with Gasteiger partial charge in [0.1, 0.15) is 0 Å². The number of benzene rings is 1. The molecule has 4 nitrogen and oxygen atoms in total. The second-order valence-corrected chi connectivity index (χ2v) is 3.80. The Bertz CT molecular complexity index is 326. The molecule has 0 heterocycles. The molecular formula is C12H19N3O. The molecule has 0 aromatic heterocycles. The van der Waals surface area contributed by atoms with Crippen LogP contribution in [0.5, 0.6) is 0 Å². The van der Waals surface area contributed by atoms with E-state index in [0.29, 0.717) is 6.54 Å². The number of rotatable bonds is 5. The Balaban J connectivity index is 2.48. The highest BCUT2D eigenvalue weighted by molar-refractivity contribution is 5.77. The van der Waals surface area contributed by atoms with E-state index in [9.17, 15) is 4.79 Å². The van der Waals surface area contributed by atoms with Gasteiger partial charge in [-0.15, -0.1) is 0 Å². The monoisotopic (exact) mass is 221 g/mol. The number of para-hydroxylation sites is 1. The van der Waals surface area contributed by atoms with Crippen molar-refractivity contribution in [2.75, 3.05) is 25.0 Å². The lowest BCUT2D eigenvalue weighted by atomic mass is 10.2. The Hall–Kier alpha value is -1.55. The molecule has 0 aliphatic heterocycles. The summed E-state index contributed by atoms with van der Waals surface area (Å²) in [4.78, 5) is 13.1. The molecule has 0 saturated carbocycles. The van der Waals surface area contributed by atoms with Crippen molar-refractivity contribution in [3.05, 3.63) is 30.3 Å². The van der Waals surface area contributed by atoms with Gasteiger partial charge in [-0.1, -0.05) is 18.2 Å². The number of hydrogen-bond acceptors (Lipinski definition) is 3. The average molecular weight is 221 g/mol. The van der Waals surface area contributed by atoms with Crippen molar-refractivity contribution in [2.45, 2.75) is 13.0 Å². The molecule has 16 heavy (non-hydrogen) atoms. The molecule has 1 aromatic rings. The molecule has 3 N–H and O–H groups in total. The standard InChI is InChI=1S/C12H19N3O/c1-10(9-14-12(16)8-13)15(2)11-6-4-3-5-7-11/h3-7,10H,8-9,13H2,1-2H3,(H,14,16). The molecular weight excluding hydrogens is 202 g/mol. The molecule has 0 radical (unpaired) electrons. The number of hydrogen-bond donors (Lipinski definition) is 2. The van der Waals surface area contributed by atoms with E-state index in [1.54, 1.807) is 0 Å². The van der Waals surface area contributed by atoms with Gasteiger partial charge in [0.25, 0.3) is 0 Å². The molecule has 1 unspecified atom stereocenters. The lowest BCUT2D eigenvalue weighted by molar-refractivity contribution is -0.119. The SMILES string of the molecule is CC(CNC(=O)CN)N(C)c1ccccc1. The van der Waals surface area contributed by atoms with Crippen LogP contribution in [0.3, 0.4) is 0 Å². The molecule has 1 aromatic carbocycles. The largest absolute Gasteiger partial charge is 0.370 e. The number of nitrogens with zero attached hydrogens (tertiary/aromatic N) is 1. The maximum absolute atomic E-state index is 11.0. The predicted octanol–water partition coefficient (Wildman–Crippen LogP) is 0.586. The molecule has 1 atom stereocenters. The summed E-state index contributed by atoms with van der Waals surface area (Å²) in [6.07, 6.45) is 0. The summed E-state index contributed by atoms with van der Waals surface area (Å²) in [5.41, 5.74) is 6.36. The van der Waals surface area contributed by atoms with E-state index in [1.807, 2.05) is 37.4 Å². The highest BCUT2D eigenvalue weighted by atomic mass is 16.1. The van der Waals surface area contributed by atoms with Gasteiger partial charge in [0.2, 0.25) is 5.91 Å². The summed E-state index contributed by atoms with van der Waals surface area (Å²) >= 11 is 0. The topological polar surface area (TPSA) is 58.4 Å². The number of amides is 1. The van der Waals surface area contributed by atoms with Crippen LogP contribution in [-0.2, 0) is 4.79 Å². The van der Waals surface area contributed by atoms with E-state index < -0.39 is 0 Å². The third kappa shape index (κ3) is 3.55. The molecule has 0 bridgehead atoms. The Morgan fingerprint density at radius 3 is 2.62 bits per heavy atom. The van der Waals surface area contributed by atoms with Crippen LogP contribution in [0, 0.1) is 0 Å². The molecule has 1 rings (SSSR count). The Kier molecular flexibility index (Phi) is 4.79. The minimum atomic E-state index is -0.117. The van der Waals surface area contributed by atoms with E-state index in [0.717, 1.165) is 5.69 Å². The van der Waals surface area contributed by atoms with Gasteiger partial charge in [0, 0.05) is 25.3 Å². The lowest BCUT2D eigenvalue weighted by Gasteiger charge is -2.27. The fourth-order valence-corrected chi connectivity index (χ4v) is 1.39. The number of carbonyl (C=O) groups is 1. The summed E-state index contributed by atoms with van der Waals surface area (Å²) in [6.45, 7) is 2.70. The van der Waals surface area contributed by atoms with E-state index in [-0.39, 0.29) is 18.5 Å². The van der Waals surface area contributed by atoms with Gasteiger partial charge in [-0.25, -0.2) is 0 Å². The van der Waals surface area contributed by atoms with Crippen molar-refractivity contribution >= 4 is 11.6 Å². The third-order valence-electron chi connectivity index (χ3n) is 2.60. The van der Waals surface area contributed by atoms with Gasteiger partial charge in [-0.05, 0) is 19.1 Å². The average Bonchev–Trinajstić information content (AvgIpc) is 2.35. The second kappa shape index (κ2) is 6.12. The van der Waals surface area contributed by atoms with Crippen LogP contribution in [0.1, 0.15) is 6.92 Å². The molecule has 88 valence electrons. The number of nitrogens with two attached hydrogens (primary N) is 1. The van der Waals surface area contributed by atoms with Crippen molar-refractivity contribution in [2.24, 2.45) is 5.73 Å². The quantitative estimate of drug-likeness (QED) is 0.765. The summed E-state index contributed by atoms with van der Waals surface area (Å²) in [6, 6.07) is 10.3. The zero-order valence-electron chi connectivity index (χ0n) is 9.81. The molecule has 1 amide bonds. The molecule has 0 saturated heterocycles. The predicted molar refractivity (Wildman–Crippen MR) is 66.4 cm³/mol. The van der Waals surface area contributed by atoms with Gasteiger partial charge in [0.15, 0.2) is 0 Å². The van der Waals surface area contributed by atoms with Crippen molar-refractivity contribution in [1.29, 1.82) is 0 Å². The summed E-state index contributed by atoms with van der Waals surface area (Å²) in [7, 11) is 2.01. The zero-order valence-corrected chi connectivity index (χ0v) is 9.81. The number of likely N-dealkylation sites (N-methyl/N-ethyl adjacent to an activating group) is 1. The van der Waals surface area contributed by atoms with Crippen LogP contribution in [0.2, 0.25) is 0 Å². The Labute approximate surface area is 96.4 Å². The maximum atomic E-state index is 11.0. The van der Waals surface area contributed by atoms with Crippen molar-refractivity contribution < 1.29 is 4.79 Å². The molecule has 0 aliphatic rings. The second-order valence-electron chi connectivity index (χ2n) is 3.80. The van der Waals surface area contributed by atoms with Crippen LogP contribution in [0.25, 0.3) is 0 Å². The number of nitrogens with one attached hydrogen (secondary N) is 1. The smallest absolute Gasteiger partial charge is 0.233 e. The van der Waals surface area contributed by atoms with Gasteiger partial charge in [-0.3, -0.25) is 4.79 Å². The van der Waals surface area contributed by atoms with Gasteiger partial charge in [0.05, 0.1) is 6.54 Å².